The number of aromatic nitrogens is 3. The molecule has 35 heavy (non-hydrogen) atoms. The van der Waals surface area contributed by atoms with Crippen LogP contribution in [-0.4, -0.2) is 25.6 Å². The quantitative estimate of drug-likeness (QED) is 0.303. The Balaban J connectivity index is 1.82. The predicted octanol–water partition coefficient (Wildman–Crippen LogP) is 6.01. The zero-order valence-electron chi connectivity index (χ0n) is 19.2. The van der Waals surface area contributed by atoms with Gasteiger partial charge >= 0.3 is 5.97 Å². The molecule has 0 saturated heterocycles. The van der Waals surface area contributed by atoms with Crippen LogP contribution in [0.1, 0.15) is 32.7 Å². The fourth-order valence-electron chi connectivity index (χ4n) is 4.50. The van der Waals surface area contributed by atoms with E-state index in [2.05, 4.69) is 9.97 Å². The molecule has 0 aliphatic heterocycles. The lowest BCUT2D eigenvalue weighted by Gasteiger charge is -2.12. The monoisotopic (exact) mass is 489 g/mol. The summed E-state index contributed by atoms with van der Waals surface area (Å²) >= 11 is 6.53. The lowest BCUT2D eigenvalue weighted by Crippen LogP contribution is -2.14. The van der Waals surface area contributed by atoms with Crippen LogP contribution in [0.25, 0.3) is 32.9 Å². The van der Waals surface area contributed by atoms with Crippen molar-refractivity contribution >= 4 is 39.4 Å². The van der Waals surface area contributed by atoms with Gasteiger partial charge in [0.15, 0.2) is 0 Å². The van der Waals surface area contributed by atoms with Crippen LogP contribution in [0.15, 0.2) is 53.5 Å². The number of hydrogen-bond donors (Lipinski definition) is 2. The van der Waals surface area contributed by atoms with Gasteiger partial charge in [-0.1, -0.05) is 11.6 Å². The molecule has 5 aromatic rings. The van der Waals surface area contributed by atoms with Crippen molar-refractivity contribution in [2.45, 2.75) is 27.3 Å². The molecule has 0 atom stereocenters. The van der Waals surface area contributed by atoms with E-state index in [1.165, 1.54) is 16.8 Å². The van der Waals surface area contributed by atoms with E-state index in [4.69, 9.17) is 11.6 Å². The summed E-state index contributed by atoms with van der Waals surface area (Å²) in [6.45, 7) is 5.62. The number of H-pyrrole nitrogens is 1. The molecule has 0 spiro atoms. The van der Waals surface area contributed by atoms with Gasteiger partial charge < -0.3 is 14.7 Å². The molecule has 3 heterocycles. The number of carboxylic acid groups (broad SMARTS) is 1. The average Bonchev–Trinajstić information content (AvgIpc) is 3.09. The molecule has 2 aromatic carbocycles. The maximum absolute atomic E-state index is 14.7. The third-order valence-electron chi connectivity index (χ3n) is 6.42. The van der Waals surface area contributed by atoms with Crippen LogP contribution >= 0.6 is 11.6 Å². The van der Waals surface area contributed by atoms with Gasteiger partial charge in [-0.15, -0.1) is 0 Å². The van der Waals surface area contributed by atoms with Crippen molar-refractivity contribution in [3.63, 3.8) is 0 Å². The molecule has 0 aliphatic carbocycles. The van der Waals surface area contributed by atoms with Gasteiger partial charge in [-0.05, 0) is 79.9 Å². The van der Waals surface area contributed by atoms with Crippen LogP contribution in [0.3, 0.4) is 0 Å². The highest BCUT2D eigenvalue weighted by atomic mass is 35.5. The van der Waals surface area contributed by atoms with E-state index in [0.29, 0.717) is 22.0 Å². The van der Waals surface area contributed by atoms with Gasteiger partial charge in [-0.3, -0.25) is 4.79 Å². The number of rotatable bonds is 4. The first-order valence-electron chi connectivity index (χ1n) is 11.0. The van der Waals surface area contributed by atoms with Crippen LogP contribution < -0.4 is 5.56 Å². The molecule has 0 aliphatic rings. The number of halogens is 2. The average molecular weight is 490 g/mol. The summed E-state index contributed by atoms with van der Waals surface area (Å²) in [4.78, 5) is 32.3. The Morgan fingerprint density at radius 3 is 2.57 bits per heavy atom. The number of nitrogens with one attached hydrogen (secondary N) is 1. The summed E-state index contributed by atoms with van der Waals surface area (Å²) in [6, 6.07) is 11.9. The molecule has 0 amide bonds. The van der Waals surface area contributed by atoms with E-state index < -0.39 is 17.3 Å². The lowest BCUT2D eigenvalue weighted by molar-refractivity contribution is 0.0687. The zero-order chi connectivity index (χ0) is 25.0. The van der Waals surface area contributed by atoms with Gasteiger partial charge in [0, 0.05) is 33.7 Å². The smallest absolute Gasteiger partial charge is 0.353 e. The second-order valence-electron chi connectivity index (χ2n) is 8.71. The normalized spacial score (nSPS) is 11.5. The Hall–Kier alpha value is -3.97. The van der Waals surface area contributed by atoms with Crippen molar-refractivity contribution < 1.29 is 14.3 Å². The molecule has 3 aromatic heterocycles. The summed E-state index contributed by atoms with van der Waals surface area (Å²) in [5.74, 6) is -1.72. The maximum Gasteiger partial charge on any atom is 0.353 e. The number of aromatic amines is 1. The number of aryl methyl sites for hydroxylation is 3. The molecule has 0 radical (unpaired) electrons. The SMILES string of the molecule is Cc1cc2cc(Cn3c(C(=O)O)c(-c4ccc[nH]c4=O)c4cc(C)c(F)cc43)c(Cl)nc2cc1C. The van der Waals surface area contributed by atoms with Crippen molar-refractivity contribution in [2.24, 2.45) is 0 Å². The first-order valence-corrected chi connectivity index (χ1v) is 11.3. The van der Waals surface area contributed by atoms with Gasteiger partial charge in [0.2, 0.25) is 0 Å². The third-order valence-corrected chi connectivity index (χ3v) is 6.75. The van der Waals surface area contributed by atoms with Gasteiger partial charge in [0.05, 0.1) is 17.6 Å². The molecule has 5 rings (SSSR count). The Kier molecular flexibility index (Phi) is 5.44. The number of carbonyl (C=O) groups is 1. The van der Waals surface area contributed by atoms with Gasteiger partial charge in [0.25, 0.3) is 5.56 Å². The van der Waals surface area contributed by atoms with E-state index >= 15 is 0 Å². The van der Waals surface area contributed by atoms with Crippen molar-refractivity contribution in [2.75, 3.05) is 0 Å². The van der Waals surface area contributed by atoms with Crippen molar-refractivity contribution in [3.05, 3.63) is 97.9 Å². The Morgan fingerprint density at radius 1 is 1.11 bits per heavy atom. The fourth-order valence-corrected chi connectivity index (χ4v) is 4.70. The number of benzene rings is 2. The van der Waals surface area contributed by atoms with E-state index in [1.807, 2.05) is 32.0 Å². The van der Waals surface area contributed by atoms with Gasteiger partial charge in [-0.2, -0.15) is 0 Å². The van der Waals surface area contributed by atoms with Gasteiger partial charge in [0.1, 0.15) is 16.7 Å². The van der Waals surface area contributed by atoms with Crippen LogP contribution in [0.5, 0.6) is 0 Å². The molecule has 176 valence electrons. The van der Waals surface area contributed by atoms with Gasteiger partial charge in [-0.25, -0.2) is 14.2 Å². The van der Waals surface area contributed by atoms with Crippen LogP contribution in [0.4, 0.5) is 4.39 Å². The van der Waals surface area contributed by atoms with Crippen molar-refractivity contribution in [1.29, 1.82) is 0 Å². The topological polar surface area (TPSA) is 88.0 Å². The third kappa shape index (κ3) is 3.78. The molecule has 0 saturated carbocycles. The van der Waals surface area contributed by atoms with Crippen LogP contribution in [0, 0.1) is 26.6 Å². The van der Waals surface area contributed by atoms with Crippen LogP contribution in [0.2, 0.25) is 5.15 Å². The van der Waals surface area contributed by atoms with Crippen LogP contribution in [-0.2, 0) is 6.54 Å². The minimum atomic E-state index is -1.24. The molecule has 6 nitrogen and oxygen atoms in total. The van der Waals surface area contributed by atoms with Crippen molar-refractivity contribution in [1.82, 2.24) is 14.5 Å². The molecule has 8 heteroatoms. The minimum Gasteiger partial charge on any atom is -0.477 e. The summed E-state index contributed by atoms with van der Waals surface area (Å²) in [7, 11) is 0. The highest BCUT2D eigenvalue weighted by Gasteiger charge is 2.26. The van der Waals surface area contributed by atoms with Crippen molar-refractivity contribution in [3.8, 4) is 11.1 Å². The Labute approximate surface area is 204 Å². The summed E-state index contributed by atoms with van der Waals surface area (Å²) in [5.41, 5.74) is 4.03. The number of hydrogen-bond acceptors (Lipinski definition) is 3. The Bertz CT molecular complexity index is 1740. The largest absolute Gasteiger partial charge is 0.477 e. The highest BCUT2D eigenvalue weighted by Crippen LogP contribution is 2.36. The Morgan fingerprint density at radius 2 is 1.86 bits per heavy atom. The number of pyridine rings is 2. The first-order chi connectivity index (χ1) is 16.7. The number of carboxylic acids is 1. The second kappa shape index (κ2) is 8.36. The lowest BCUT2D eigenvalue weighted by atomic mass is 10.0. The molecule has 0 unspecified atom stereocenters. The molecular formula is C27H21ClFN3O3. The van der Waals surface area contributed by atoms with E-state index in [-0.39, 0.29) is 28.5 Å². The summed E-state index contributed by atoms with van der Waals surface area (Å²) in [6.07, 6.45) is 1.47. The number of fused-ring (bicyclic) bond motifs is 2. The molecule has 2 N–H and O–H groups in total. The van der Waals surface area contributed by atoms with E-state index in [1.54, 1.807) is 25.1 Å². The minimum absolute atomic E-state index is 0.0278. The highest BCUT2D eigenvalue weighted by molar-refractivity contribution is 6.30. The van der Waals surface area contributed by atoms with E-state index in [0.717, 1.165) is 22.0 Å². The molecular weight excluding hydrogens is 469 g/mol. The standard InChI is InChI=1S/C27H21ClFN3O3/c1-13-7-16-10-17(25(28)31-21(16)9-14(13)2)12-32-22-11-20(29)15(3)8-19(22)23(24(32)27(34)35)18-5-4-6-30-26(18)33/h4-11H,12H2,1-3H3,(H,30,33)(H,34,35). The zero-order valence-corrected chi connectivity index (χ0v) is 20.0. The summed E-state index contributed by atoms with van der Waals surface area (Å²) < 4.78 is 16.2. The number of nitrogens with zero attached hydrogens (tertiary/aromatic N) is 2. The number of aromatic carboxylic acids is 1. The fraction of sp³-hybridized carbons (Fsp3) is 0.148. The molecule has 0 fully saturated rings. The maximum atomic E-state index is 14.7. The first kappa shape index (κ1) is 22.8. The predicted molar refractivity (Wildman–Crippen MR) is 135 cm³/mol. The summed E-state index contributed by atoms with van der Waals surface area (Å²) in [5, 5.41) is 11.8. The molecule has 0 bridgehead atoms. The van der Waals surface area contributed by atoms with E-state index in [9.17, 15) is 19.1 Å². The second-order valence-corrected chi connectivity index (χ2v) is 9.07.